The van der Waals surface area contributed by atoms with Crippen LogP contribution in [0.1, 0.15) is 17.2 Å². The molecule has 0 saturated heterocycles. The zero-order valence-corrected chi connectivity index (χ0v) is 18.1. The molecule has 2 amide bonds. The van der Waals surface area contributed by atoms with Crippen LogP contribution < -0.4 is 14.8 Å². The quantitative estimate of drug-likeness (QED) is 0.579. The summed E-state index contributed by atoms with van der Waals surface area (Å²) >= 11 is 1.42. The normalized spacial score (nSPS) is 15.4. The number of hydrogen-bond acceptors (Lipinski definition) is 8. The van der Waals surface area contributed by atoms with Gasteiger partial charge in [0.2, 0.25) is 5.16 Å². The van der Waals surface area contributed by atoms with Gasteiger partial charge in [0.25, 0.3) is 0 Å². The summed E-state index contributed by atoms with van der Waals surface area (Å²) in [5.41, 5.74) is 2.68. The van der Waals surface area contributed by atoms with Gasteiger partial charge in [0.05, 0.1) is 33.0 Å². The number of urea groups is 1. The third kappa shape index (κ3) is 4.01. The van der Waals surface area contributed by atoms with E-state index in [0.29, 0.717) is 27.9 Å². The van der Waals surface area contributed by atoms with Crippen molar-refractivity contribution in [3.8, 4) is 17.2 Å². The number of tetrazole rings is 1. The highest BCUT2D eigenvalue weighted by Crippen LogP contribution is 2.39. The van der Waals surface area contributed by atoms with E-state index < -0.39 is 6.10 Å². The third-order valence-corrected chi connectivity index (χ3v) is 5.66. The number of aromatic nitrogens is 4. The molecule has 0 aliphatic carbocycles. The number of fused-ring (bicyclic) bond motifs is 1. The molecule has 10 nitrogen and oxygen atoms in total. The number of nitrogens with one attached hydrogen (secondary N) is 1. The van der Waals surface area contributed by atoms with Crippen LogP contribution in [0.5, 0.6) is 11.5 Å². The molecule has 1 aliphatic heterocycles. The first-order valence-corrected chi connectivity index (χ1v) is 10.7. The number of anilines is 1. The molecular weight excluding hydrogens is 420 g/mol. The van der Waals surface area contributed by atoms with Gasteiger partial charge in [0.1, 0.15) is 17.6 Å². The van der Waals surface area contributed by atoms with Crippen molar-refractivity contribution < 1.29 is 19.4 Å². The molecule has 4 rings (SSSR count). The Balaban J connectivity index is 1.56. The lowest BCUT2D eigenvalue weighted by Crippen LogP contribution is -2.41. The van der Waals surface area contributed by atoms with E-state index in [2.05, 4.69) is 20.8 Å². The lowest BCUT2D eigenvalue weighted by molar-refractivity contribution is 0.105. The number of nitrogens with zero attached hydrogens (tertiary/aromatic N) is 5. The molecule has 1 atom stereocenters. The third-order valence-electron chi connectivity index (χ3n) is 5.04. The maximum absolute atomic E-state index is 13.0. The summed E-state index contributed by atoms with van der Waals surface area (Å²) in [6.07, 6.45) is 0.993. The average molecular weight is 443 g/mol. The van der Waals surface area contributed by atoms with Gasteiger partial charge in [0, 0.05) is 16.8 Å². The molecule has 31 heavy (non-hydrogen) atoms. The van der Waals surface area contributed by atoms with Crippen LogP contribution in [0.3, 0.4) is 0 Å². The second kappa shape index (κ2) is 8.82. The van der Waals surface area contributed by atoms with Gasteiger partial charge in [0.15, 0.2) is 0 Å². The van der Waals surface area contributed by atoms with Crippen molar-refractivity contribution in [2.24, 2.45) is 0 Å². The summed E-state index contributed by atoms with van der Waals surface area (Å²) in [4.78, 5) is 14.5. The van der Waals surface area contributed by atoms with Gasteiger partial charge >= 0.3 is 6.03 Å². The highest BCUT2D eigenvalue weighted by Gasteiger charge is 2.32. The first-order valence-electron chi connectivity index (χ1n) is 9.46. The minimum atomic E-state index is -0.892. The molecule has 1 unspecified atom stereocenters. The summed E-state index contributed by atoms with van der Waals surface area (Å²) in [6.45, 7) is 0.410. The predicted molar refractivity (Wildman–Crippen MR) is 115 cm³/mol. The first kappa shape index (κ1) is 20.9. The molecule has 0 bridgehead atoms. The van der Waals surface area contributed by atoms with Crippen molar-refractivity contribution in [1.82, 2.24) is 25.1 Å². The van der Waals surface area contributed by atoms with Gasteiger partial charge in [-0.3, -0.25) is 0 Å². The van der Waals surface area contributed by atoms with E-state index in [1.807, 2.05) is 18.4 Å². The van der Waals surface area contributed by atoms with Crippen molar-refractivity contribution >= 4 is 23.5 Å². The summed E-state index contributed by atoms with van der Waals surface area (Å²) in [7, 11) is 3.11. The van der Waals surface area contributed by atoms with Gasteiger partial charge in [-0.25, -0.2) is 4.79 Å². The van der Waals surface area contributed by atoms with Crippen molar-refractivity contribution in [3.05, 3.63) is 47.5 Å². The van der Waals surface area contributed by atoms with E-state index in [1.165, 1.54) is 16.7 Å². The minimum Gasteiger partial charge on any atom is -0.496 e. The number of rotatable bonds is 5. The number of carbonyl (C=O) groups excluding carboxylic acids is 1. The van der Waals surface area contributed by atoms with Crippen LogP contribution in [0.4, 0.5) is 10.5 Å². The number of aliphatic hydroxyl groups is 1. The fourth-order valence-electron chi connectivity index (χ4n) is 3.62. The zero-order chi connectivity index (χ0) is 22.0. The summed E-state index contributed by atoms with van der Waals surface area (Å²) in [5.74, 6) is 1.17. The maximum Gasteiger partial charge on any atom is 0.322 e. The molecule has 1 aliphatic rings. The van der Waals surface area contributed by atoms with E-state index in [-0.39, 0.29) is 19.1 Å². The second-order valence-corrected chi connectivity index (χ2v) is 7.59. The van der Waals surface area contributed by atoms with Gasteiger partial charge in [-0.15, -0.1) is 5.10 Å². The number of benzene rings is 2. The maximum atomic E-state index is 13.0. The topological polar surface area (TPSA) is 115 Å². The van der Waals surface area contributed by atoms with Gasteiger partial charge in [-0.05, 0) is 47.0 Å². The molecule has 0 radical (unpaired) electrons. The van der Waals surface area contributed by atoms with E-state index in [4.69, 9.17) is 9.47 Å². The Morgan fingerprint density at radius 2 is 2.00 bits per heavy atom. The lowest BCUT2D eigenvalue weighted by atomic mass is 9.95. The summed E-state index contributed by atoms with van der Waals surface area (Å²) in [5, 5.41) is 25.9. The highest BCUT2D eigenvalue weighted by atomic mass is 32.2. The van der Waals surface area contributed by atoms with Crippen LogP contribution in [-0.4, -0.2) is 63.3 Å². The van der Waals surface area contributed by atoms with Gasteiger partial charge in [-0.1, -0.05) is 17.8 Å². The molecule has 11 heteroatoms. The Labute approximate surface area is 183 Å². The number of β-amino-alcohol motifs (C(OH)–C–C–N with tert-alkyl or cyclic N) is 1. The lowest BCUT2D eigenvalue weighted by Gasteiger charge is -2.34. The van der Waals surface area contributed by atoms with Gasteiger partial charge in [-0.2, -0.15) is 4.68 Å². The van der Waals surface area contributed by atoms with E-state index in [0.717, 1.165) is 11.3 Å². The molecule has 2 aromatic carbocycles. The van der Waals surface area contributed by atoms with Crippen LogP contribution in [0.15, 0.2) is 41.6 Å². The minimum absolute atomic E-state index is 0.131. The Hall–Kier alpha value is -3.31. The van der Waals surface area contributed by atoms with Crippen LogP contribution in [0, 0.1) is 0 Å². The SMILES string of the molecule is COc1ccc(OC)c2c1CN(C(=O)Nc1cccc(-n3nnnc3SC)c1)CC2O. The van der Waals surface area contributed by atoms with Gasteiger partial charge < -0.3 is 24.8 Å². The fraction of sp³-hybridized carbons (Fsp3) is 0.300. The molecule has 0 fully saturated rings. The van der Waals surface area contributed by atoms with E-state index in [9.17, 15) is 9.90 Å². The molecule has 2 heterocycles. The molecular formula is C20H22N6O4S. The van der Waals surface area contributed by atoms with Crippen LogP contribution >= 0.6 is 11.8 Å². The van der Waals surface area contributed by atoms with Crippen LogP contribution in [-0.2, 0) is 6.54 Å². The Kier molecular flexibility index (Phi) is 5.96. The van der Waals surface area contributed by atoms with Crippen molar-refractivity contribution in [2.45, 2.75) is 17.8 Å². The Morgan fingerprint density at radius 3 is 2.74 bits per heavy atom. The van der Waals surface area contributed by atoms with Crippen molar-refractivity contribution in [2.75, 3.05) is 32.3 Å². The first-order chi connectivity index (χ1) is 15.0. The standard InChI is InChI=1S/C20H22N6O4S/c1-29-16-7-8-17(30-2)18-14(16)10-25(11-15(18)27)19(28)21-12-5-4-6-13(9-12)26-20(31-3)22-23-24-26/h4-9,15,27H,10-11H2,1-3H3,(H,21,28). The van der Waals surface area contributed by atoms with Crippen molar-refractivity contribution in [1.29, 1.82) is 0 Å². The monoisotopic (exact) mass is 442 g/mol. The van der Waals surface area contributed by atoms with E-state index in [1.54, 1.807) is 43.2 Å². The highest BCUT2D eigenvalue weighted by molar-refractivity contribution is 7.98. The Bertz CT molecular complexity index is 1110. The van der Waals surface area contributed by atoms with Crippen LogP contribution in [0.25, 0.3) is 5.69 Å². The van der Waals surface area contributed by atoms with Crippen molar-refractivity contribution in [3.63, 3.8) is 0 Å². The number of aliphatic hydroxyl groups excluding tert-OH is 1. The second-order valence-electron chi connectivity index (χ2n) is 6.82. The number of hydrogen-bond donors (Lipinski definition) is 2. The molecule has 0 saturated carbocycles. The van der Waals surface area contributed by atoms with Crippen LogP contribution in [0.2, 0.25) is 0 Å². The zero-order valence-electron chi connectivity index (χ0n) is 17.3. The van der Waals surface area contributed by atoms with E-state index >= 15 is 0 Å². The molecule has 162 valence electrons. The number of amides is 2. The largest absolute Gasteiger partial charge is 0.496 e. The summed E-state index contributed by atoms with van der Waals surface area (Å²) < 4.78 is 12.4. The predicted octanol–water partition coefficient (Wildman–Crippen LogP) is 2.48. The number of thioether (sulfide) groups is 1. The number of ether oxygens (including phenoxy) is 2. The number of carbonyl (C=O) groups is 1. The fourth-order valence-corrected chi connectivity index (χ4v) is 4.05. The number of methoxy groups -OCH3 is 2. The Morgan fingerprint density at radius 1 is 1.23 bits per heavy atom. The smallest absolute Gasteiger partial charge is 0.322 e. The average Bonchev–Trinajstić information content (AvgIpc) is 3.27. The molecule has 0 spiro atoms. The molecule has 1 aromatic heterocycles. The molecule has 2 N–H and O–H groups in total. The summed E-state index contributed by atoms with van der Waals surface area (Å²) in [6, 6.07) is 10.4. The molecule has 3 aromatic rings.